The SMILES string of the molecule is COc1ccc(CCN(C)C(=O)C(C)Sc2nc3sc4c(c3c(=O)n2-c2ccccc2C)CCCC4)cc1OC. The van der Waals surface area contributed by atoms with E-state index in [2.05, 4.69) is 0 Å². The van der Waals surface area contributed by atoms with Gasteiger partial charge in [-0.2, -0.15) is 0 Å². The van der Waals surface area contributed by atoms with Crippen LogP contribution < -0.4 is 15.0 Å². The lowest BCUT2D eigenvalue weighted by atomic mass is 9.97. The number of rotatable bonds is 9. The van der Waals surface area contributed by atoms with Crippen molar-refractivity contribution >= 4 is 39.2 Å². The first-order valence-corrected chi connectivity index (χ1v) is 15.3. The largest absolute Gasteiger partial charge is 0.493 e. The summed E-state index contributed by atoms with van der Waals surface area (Å²) >= 11 is 2.99. The van der Waals surface area contributed by atoms with E-state index in [1.54, 1.807) is 35.0 Å². The maximum Gasteiger partial charge on any atom is 0.267 e. The van der Waals surface area contributed by atoms with E-state index in [0.717, 1.165) is 52.7 Å². The fraction of sp³-hybridized carbons (Fsp3) is 0.387. The molecule has 4 aromatic rings. The second kappa shape index (κ2) is 12.1. The summed E-state index contributed by atoms with van der Waals surface area (Å²) in [6.45, 7) is 4.44. The van der Waals surface area contributed by atoms with Crippen LogP contribution in [0.2, 0.25) is 0 Å². The van der Waals surface area contributed by atoms with Crippen LogP contribution in [0.15, 0.2) is 52.4 Å². The number of para-hydroxylation sites is 1. The van der Waals surface area contributed by atoms with Gasteiger partial charge in [0.1, 0.15) is 4.83 Å². The number of thiophene rings is 1. The molecule has 1 atom stereocenters. The molecule has 1 aliphatic rings. The molecule has 2 aromatic heterocycles. The summed E-state index contributed by atoms with van der Waals surface area (Å²) in [5.74, 6) is 1.34. The Labute approximate surface area is 243 Å². The van der Waals surface area contributed by atoms with Crippen molar-refractivity contribution in [3.63, 3.8) is 0 Å². The number of hydrogen-bond donors (Lipinski definition) is 0. The van der Waals surface area contributed by atoms with Crippen molar-refractivity contribution in [2.24, 2.45) is 0 Å². The van der Waals surface area contributed by atoms with Gasteiger partial charge in [-0.25, -0.2) is 4.98 Å². The Morgan fingerprint density at radius 3 is 2.62 bits per heavy atom. The summed E-state index contributed by atoms with van der Waals surface area (Å²) in [6, 6.07) is 13.7. The number of benzene rings is 2. The van der Waals surface area contributed by atoms with Gasteiger partial charge < -0.3 is 14.4 Å². The Bertz CT molecular complexity index is 1610. The van der Waals surface area contributed by atoms with Gasteiger partial charge in [-0.15, -0.1) is 11.3 Å². The van der Waals surface area contributed by atoms with Gasteiger partial charge in [0.05, 0.1) is 30.5 Å². The lowest BCUT2D eigenvalue weighted by molar-refractivity contribution is -0.129. The van der Waals surface area contributed by atoms with Crippen LogP contribution >= 0.6 is 23.1 Å². The number of nitrogens with zero attached hydrogens (tertiary/aromatic N) is 3. The maximum absolute atomic E-state index is 14.1. The van der Waals surface area contributed by atoms with Crippen molar-refractivity contribution < 1.29 is 14.3 Å². The van der Waals surface area contributed by atoms with Gasteiger partial charge in [0.2, 0.25) is 5.91 Å². The molecule has 1 amide bonds. The minimum absolute atomic E-state index is 0.0124. The van der Waals surface area contributed by atoms with Crippen LogP contribution in [-0.4, -0.2) is 53.4 Å². The molecule has 0 spiro atoms. The molecule has 0 saturated carbocycles. The maximum atomic E-state index is 14.1. The van der Waals surface area contributed by atoms with Gasteiger partial charge in [-0.3, -0.25) is 14.2 Å². The molecule has 2 heterocycles. The number of carbonyl (C=O) groups excluding carboxylic acids is 1. The molecule has 1 aliphatic carbocycles. The van der Waals surface area contributed by atoms with E-state index in [1.807, 2.05) is 63.4 Å². The van der Waals surface area contributed by atoms with Gasteiger partial charge in [-0.1, -0.05) is 36.0 Å². The molecule has 1 unspecified atom stereocenters. The van der Waals surface area contributed by atoms with Gasteiger partial charge >= 0.3 is 0 Å². The standard InChI is InChI=1S/C31H35N3O4S2/c1-19-10-6-8-12-23(19)34-30(36)27-22-11-7-9-13-26(22)40-28(27)32-31(34)39-20(2)29(35)33(3)17-16-21-14-15-24(37-4)25(18-21)38-5/h6,8,10,12,14-15,18,20H,7,9,11,13,16-17H2,1-5H3. The molecule has 0 aliphatic heterocycles. The molecule has 9 heteroatoms. The first kappa shape index (κ1) is 28.2. The Morgan fingerprint density at radius 1 is 1.12 bits per heavy atom. The number of aromatic nitrogens is 2. The first-order valence-electron chi connectivity index (χ1n) is 13.6. The fourth-order valence-corrected chi connectivity index (χ4v) is 7.59. The first-order chi connectivity index (χ1) is 19.3. The number of thioether (sulfide) groups is 1. The molecule has 0 N–H and O–H groups in total. The molecule has 0 radical (unpaired) electrons. The summed E-state index contributed by atoms with van der Waals surface area (Å²) in [4.78, 5) is 36.4. The van der Waals surface area contributed by atoms with E-state index in [0.29, 0.717) is 29.6 Å². The zero-order valence-electron chi connectivity index (χ0n) is 23.7. The average molecular weight is 578 g/mol. The number of carbonyl (C=O) groups is 1. The van der Waals surface area contributed by atoms with E-state index in [1.165, 1.54) is 22.2 Å². The summed E-state index contributed by atoms with van der Waals surface area (Å²) in [5, 5.41) is 0.877. The zero-order chi connectivity index (χ0) is 28.4. The molecule has 0 bridgehead atoms. The summed E-state index contributed by atoms with van der Waals surface area (Å²) in [7, 11) is 5.04. The molecule has 2 aromatic carbocycles. The molecule has 40 heavy (non-hydrogen) atoms. The zero-order valence-corrected chi connectivity index (χ0v) is 25.3. The van der Waals surface area contributed by atoms with Crippen molar-refractivity contribution in [3.8, 4) is 17.2 Å². The van der Waals surface area contributed by atoms with E-state index in [-0.39, 0.29) is 11.5 Å². The number of amides is 1. The Hall–Kier alpha value is -3.30. The summed E-state index contributed by atoms with van der Waals surface area (Å²) in [6.07, 6.45) is 4.85. The third kappa shape index (κ3) is 5.49. The highest BCUT2D eigenvalue weighted by Gasteiger charge is 2.26. The minimum atomic E-state index is -0.426. The Morgan fingerprint density at radius 2 is 1.88 bits per heavy atom. The Balaban J connectivity index is 1.42. The third-order valence-electron chi connectivity index (χ3n) is 7.50. The monoisotopic (exact) mass is 577 g/mol. The molecular formula is C31H35N3O4S2. The topological polar surface area (TPSA) is 73.7 Å². The second-order valence-corrected chi connectivity index (χ2v) is 12.6. The van der Waals surface area contributed by atoms with E-state index >= 15 is 0 Å². The van der Waals surface area contributed by atoms with Crippen molar-refractivity contribution in [2.75, 3.05) is 27.8 Å². The van der Waals surface area contributed by atoms with Gasteiger partial charge in [0, 0.05) is 18.5 Å². The molecule has 7 nitrogen and oxygen atoms in total. The molecule has 5 rings (SSSR count). The lowest BCUT2D eigenvalue weighted by Crippen LogP contribution is -2.35. The number of ether oxygens (including phenoxy) is 2. The van der Waals surface area contributed by atoms with Crippen LogP contribution in [0.1, 0.15) is 41.3 Å². The van der Waals surface area contributed by atoms with Crippen LogP contribution in [-0.2, 0) is 24.1 Å². The van der Waals surface area contributed by atoms with Crippen molar-refractivity contribution in [1.29, 1.82) is 0 Å². The fourth-order valence-electron chi connectivity index (χ4n) is 5.25. The van der Waals surface area contributed by atoms with Gasteiger partial charge in [0.15, 0.2) is 16.7 Å². The van der Waals surface area contributed by atoms with Crippen molar-refractivity contribution in [2.45, 2.75) is 56.4 Å². The lowest BCUT2D eigenvalue weighted by Gasteiger charge is -2.22. The van der Waals surface area contributed by atoms with Gasteiger partial charge in [0.25, 0.3) is 5.56 Å². The Kier molecular flexibility index (Phi) is 8.51. The highest BCUT2D eigenvalue weighted by Crippen LogP contribution is 2.36. The minimum Gasteiger partial charge on any atom is -0.493 e. The quantitative estimate of drug-likeness (QED) is 0.184. The van der Waals surface area contributed by atoms with Crippen molar-refractivity contribution in [1.82, 2.24) is 14.5 Å². The highest BCUT2D eigenvalue weighted by molar-refractivity contribution is 8.00. The molecule has 0 fully saturated rings. The summed E-state index contributed by atoms with van der Waals surface area (Å²) in [5.41, 5.74) is 3.98. The number of aryl methyl sites for hydroxylation is 3. The number of fused-ring (bicyclic) bond motifs is 3. The van der Waals surface area contributed by atoms with Crippen LogP contribution in [0, 0.1) is 6.92 Å². The highest BCUT2D eigenvalue weighted by atomic mass is 32.2. The smallest absolute Gasteiger partial charge is 0.267 e. The average Bonchev–Trinajstić information content (AvgIpc) is 3.34. The number of likely N-dealkylation sites (N-methyl/N-ethyl adjacent to an activating group) is 1. The second-order valence-electron chi connectivity index (χ2n) is 10.2. The van der Waals surface area contributed by atoms with Crippen LogP contribution in [0.3, 0.4) is 0 Å². The normalized spacial score (nSPS) is 13.6. The van der Waals surface area contributed by atoms with Crippen LogP contribution in [0.4, 0.5) is 0 Å². The van der Waals surface area contributed by atoms with Crippen LogP contribution in [0.5, 0.6) is 11.5 Å². The summed E-state index contributed by atoms with van der Waals surface area (Å²) < 4.78 is 12.5. The number of hydrogen-bond acceptors (Lipinski definition) is 7. The number of methoxy groups -OCH3 is 2. The van der Waals surface area contributed by atoms with Crippen molar-refractivity contribution in [3.05, 3.63) is 74.4 Å². The van der Waals surface area contributed by atoms with E-state index < -0.39 is 5.25 Å². The molecular weight excluding hydrogens is 542 g/mol. The third-order valence-corrected chi connectivity index (χ3v) is 9.73. The predicted molar refractivity (Wildman–Crippen MR) is 163 cm³/mol. The van der Waals surface area contributed by atoms with Crippen LogP contribution in [0.25, 0.3) is 15.9 Å². The van der Waals surface area contributed by atoms with E-state index in [9.17, 15) is 9.59 Å². The molecule has 210 valence electrons. The molecule has 0 saturated heterocycles. The predicted octanol–water partition coefficient (Wildman–Crippen LogP) is 5.83. The van der Waals surface area contributed by atoms with Gasteiger partial charge in [-0.05, 0) is 80.8 Å². The van der Waals surface area contributed by atoms with E-state index in [4.69, 9.17) is 14.5 Å².